The molecule has 2 amide bonds. The quantitative estimate of drug-likeness (QED) is 0.904. The summed E-state index contributed by atoms with van der Waals surface area (Å²) in [6.45, 7) is 1.92. The molecule has 2 atom stereocenters. The normalized spacial score (nSPS) is 26.0. The summed E-state index contributed by atoms with van der Waals surface area (Å²) in [5.74, 6) is -0.342. The van der Waals surface area contributed by atoms with Gasteiger partial charge >= 0.3 is 0 Å². The second-order valence-corrected chi connectivity index (χ2v) is 6.48. The summed E-state index contributed by atoms with van der Waals surface area (Å²) >= 11 is 3.22. The number of carbonyl (C=O) groups is 2. The molecule has 3 rings (SSSR count). The first-order chi connectivity index (χ1) is 9.99. The van der Waals surface area contributed by atoms with Crippen LogP contribution in [0.25, 0.3) is 0 Å². The standard InChI is InChI=1S/C15H16BrFN2O2/c1-8-15(21)19(13(9-5-6-9)14(20)18-8)7-10-3-2-4-11(17)12(10)16/h2-4,8-9,13H,5-7H2,1H3,(H,18,20). The van der Waals surface area contributed by atoms with E-state index in [1.165, 1.54) is 6.07 Å². The third-order valence-electron chi connectivity index (χ3n) is 4.06. The van der Waals surface area contributed by atoms with Crippen molar-refractivity contribution in [3.63, 3.8) is 0 Å². The Morgan fingerprint density at radius 2 is 2.10 bits per heavy atom. The van der Waals surface area contributed by atoms with Crippen LogP contribution < -0.4 is 5.32 Å². The fraction of sp³-hybridized carbons (Fsp3) is 0.467. The van der Waals surface area contributed by atoms with Crippen LogP contribution in [0, 0.1) is 11.7 Å². The molecule has 1 aromatic carbocycles. The van der Waals surface area contributed by atoms with Crippen LogP contribution in [0.3, 0.4) is 0 Å². The Labute approximate surface area is 130 Å². The zero-order valence-electron chi connectivity index (χ0n) is 11.6. The molecule has 1 N–H and O–H groups in total. The molecule has 0 bridgehead atoms. The molecule has 4 nitrogen and oxygen atoms in total. The topological polar surface area (TPSA) is 49.4 Å². The molecule has 0 radical (unpaired) electrons. The van der Waals surface area contributed by atoms with Gasteiger partial charge < -0.3 is 10.2 Å². The van der Waals surface area contributed by atoms with Crippen molar-refractivity contribution >= 4 is 27.7 Å². The van der Waals surface area contributed by atoms with E-state index >= 15 is 0 Å². The molecular weight excluding hydrogens is 339 g/mol. The van der Waals surface area contributed by atoms with Gasteiger partial charge in [0.2, 0.25) is 11.8 Å². The monoisotopic (exact) mass is 354 g/mol. The zero-order chi connectivity index (χ0) is 15.1. The summed E-state index contributed by atoms with van der Waals surface area (Å²) in [6.07, 6.45) is 1.92. The molecule has 2 fully saturated rings. The zero-order valence-corrected chi connectivity index (χ0v) is 13.2. The summed E-state index contributed by atoms with van der Waals surface area (Å²) in [6, 6.07) is 3.78. The van der Waals surface area contributed by atoms with E-state index in [9.17, 15) is 14.0 Å². The van der Waals surface area contributed by atoms with Crippen molar-refractivity contribution in [3.8, 4) is 0 Å². The van der Waals surface area contributed by atoms with E-state index in [1.54, 1.807) is 24.0 Å². The van der Waals surface area contributed by atoms with Crippen molar-refractivity contribution in [2.75, 3.05) is 0 Å². The first kappa shape index (κ1) is 14.5. The second kappa shape index (κ2) is 5.40. The number of halogens is 2. The lowest BCUT2D eigenvalue weighted by molar-refractivity contribution is -0.150. The number of benzene rings is 1. The maximum Gasteiger partial charge on any atom is 0.245 e. The molecule has 1 aromatic rings. The lowest BCUT2D eigenvalue weighted by atomic mass is 10.0. The van der Waals surface area contributed by atoms with Gasteiger partial charge in [-0.25, -0.2) is 4.39 Å². The molecule has 1 saturated heterocycles. The van der Waals surface area contributed by atoms with Crippen LogP contribution in [-0.4, -0.2) is 28.8 Å². The molecule has 112 valence electrons. The third-order valence-corrected chi connectivity index (χ3v) is 4.95. The van der Waals surface area contributed by atoms with Gasteiger partial charge in [0.1, 0.15) is 17.9 Å². The van der Waals surface area contributed by atoms with Crippen molar-refractivity contribution in [1.29, 1.82) is 0 Å². The highest BCUT2D eigenvalue weighted by atomic mass is 79.9. The fourth-order valence-corrected chi connectivity index (χ4v) is 3.19. The minimum absolute atomic E-state index is 0.0999. The van der Waals surface area contributed by atoms with Crippen molar-refractivity contribution in [2.45, 2.75) is 38.4 Å². The SMILES string of the molecule is CC1NC(=O)C(C2CC2)N(Cc2cccc(F)c2Br)C1=O. The average Bonchev–Trinajstić information content (AvgIpc) is 3.25. The van der Waals surface area contributed by atoms with E-state index in [4.69, 9.17) is 0 Å². The van der Waals surface area contributed by atoms with Gasteiger partial charge in [0.25, 0.3) is 0 Å². The van der Waals surface area contributed by atoms with Gasteiger partial charge in [0.15, 0.2) is 0 Å². The van der Waals surface area contributed by atoms with Crippen LogP contribution >= 0.6 is 15.9 Å². The van der Waals surface area contributed by atoms with Gasteiger partial charge in [-0.05, 0) is 53.2 Å². The predicted molar refractivity (Wildman–Crippen MR) is 78.8 cm³/mol. The summed E-state index contributed by atoms with van der Waals surface area (Å²) in [5.41, 5.74) is 0.677. The van der Waals surface area contributed by atoms with Crippen molar-refractivity contribution < 1.29 is 14.0 Å². The molecule has 21 heavy (non-hydrogen) atoms. The van der Waals surface area contributed by atoms with Crippen LogP contribution in [0.4, 0.5) is 4.39 Å². The largest absolute Gasteiger partial charge is 0.343 e. The number of hydrogen-bond donors (Lipinski definition) is 1. The summed E-state index contributed by atoms with van der Waals surface area (Å²) in [7, 11) is 0. The lowest BCUT2D eigenvalue weighted by Crippen LogP contribution is -2.62. The minimum Gasteiger partial charge on any atom is -0.343 e. The maximum atomic E-state index is 13.6. The fourth-order valence-electron chi connectivity index (χ4n) is 2.80. The molecule has 1 heterocycles. The Morgan fingerprint density at radius 3 is 2.76 bits per heavy atom. The number of hydrogen-bond acceptors (Lipinski definition) is 2. The van der Waals surface area contributed by atoms with Crippen molar-refractivity contribution in [2.24, 2.45) is 5.92 Å². The Kier molecular flexibility index (Phi) is 3.73. The highest BCUT2D eigenvalue weighted by Crippen LogP contribution is 2.38. The van der Waals surface area contributed by atoms with E-state index in [1.807, 2.05) is 0 Å². The Hall–Kier alpha value is -1.43. The molecule has 2 aliphatic rings. The molecule has 1 saturated carbocycles. The van der Waals surface area contributed by atoms with Crippen molar-refractivity contribution in [3.05, 3.63) is 34.1 Å². The van der Waals surface area contributed by atoms with Gasteiger partial charge in [-0.15, -0.1) is 0 Å². The summed E-state index contributed by atoms with van der Waals surface area (Å²) in [4.78, 5) is 26.2. The minimum atomic E-state index is -0.528. The Bertz CT molecular complexity index is 603. The van der Waals surface area contributed by atoms with E-state index in [2.05, 4.69) is 21.2 Å². The number of nitrogens with one attached hydrogen (secondary N) is 1. The molecule has 1 aliphatic heterocycles. The highest BCUT2D eigenvalue weighted by Gasteiger charge is 2.46. The highest BCUT2D eigenvalue weighted by molar-refractivity contribution is 9.10. The van der Waals surface area contributed by atoms with Gasteiger partial charge in [-0.3, -0.25) is 9.59 Å². The molecular formula is C15H16BrFN2O2. The number of amides is 2. The Morgan fingerprint density at radius 1 is 1.38 bits per heavy atom. The molecule has 1 aliphatic carbocycles. The third kappa shape index (κ3) is 2.69. The van der Waals surface area contributed by atoms with Crippen molar-refractivity contribution in [1.82, 2.24) is 10.2 Å². The van der Waals surface area contributed by atoms with Crippen LogP contribution in [-0.2, 0) is 16.1 Å². The van der Waals surface area contributed by atoms with E-state index in [0.29, 0.717) is 10.0 Å². The number of piperazine rings is 1. The first-order valence-electron chi connectivity index (χ1n) is 7.03. The van der Waals surface area contributed by atoms with Gasteiger partial charge in [0, 0.05) is 6.54 Å². The van der Waals surface area contributed by atoms with Crippen LogP contribution in [0.1, 0.15) is 25.3 Å². The van der Waals surface area contributed by atoms with Gasteiger partial charge in [0.05, 0.1) is 4.47 Å². The molecule has 0 spiro atoms. The smallest absolute Gasteiger partial charge is 0.245 e. The first-order valence-corrected chi connectivity index (χ1v) is 7.82. The van der Waals surface area contributed by atoms with E-state index in [-0.39, 0.29) is 30.1 Å². The summed E-state index contributed by atoms with van der Waals surface area (Å²) < 4.78 is 14.0. The van der Waals surface area contributed by atoms with Gasteiger partial charge in [-0.2, -0.15) is 0 Å². The lowest BCUT2D eigenvalue weighted by Gasteiger charge is -2.38. The Balaban J connectivity index is 1.91. The van der Waals surface area contributed by atoms with Crippen LogP contribution in [0.15, 0.2) is 22.7 Å². The number of rotatable bonds is 3. The average molecular weight is 355 g/mol. The van der Waals surface area contributed by atoms with Crippen LogP contribution in [0.5, 0.6) is 0 Å². The molecule has 2 unspecified atom stereocenters. The van der Waals surface area contributed by atoms with Gasteiger partial charge in [-0.1, -0.05) is 12.1 Å². The molecule has 6 heteroatoms. The number of carbonyl (C=O) groups excluding carboxylic acids is 2. The second-order valence-electron chi connectivity index (χ2n) is 5.69. The summed E-state index contributed by atoms with van der Waals surface area (Å²) in [5, 5.41) is 2.73. The molecule has 0 aromatic heterocycles. The van der Waals surface area contributed by atoms with E-state index in [0.717, 1.165) is 12.8 Å². The number of nitrogens with zero attached hydrogens (tertiary/aromatic N) is 1. The predicted octanol–water partition coefficient (Wildman–Crippen LogP) is 2.21. The maximum absolute atomic E-state index is 13.6. The van der Waals surface area contributed by atoms with E-state index < -0.39 is 12.1 Å². The van der Waals surface area contributed by atoms with Crippen LogP contribution in [0.2, 0.25) is 0 Å².